The van der Waals surface area contributed by atoms with Gasteiger partial charge in [0.15, 0.2) is 0 Å². The van der Waals surface area contributed by atoms with Crippen molar-refractivity contribution in [3.63, 3.8) is 0 Å². The van der Waals surface area contributed by atoms with Crippen molar-refractivity contribution >= 4 is 22.4 Å². The summed E-state index contributed by atoms with van der Waals surface area (Å²) in [6.07, 6.45) is 5.09. The normalized spacial score (nSPS) is 20.0. The molecule has 0 unspecified atom stereocenters. The van der Waals surface area contributed by atoms with Crippen LogP contribution in [0.2, 0.25) is 0 Å². The molecule has 0 radical (unpaired) electrons. The third-order valence-electron chi connectivity index (χ3n) is 3.92. The zero-order chi connectivity index (χ0) is 16.8. The van der Waals surface area contributed by atoms with Crippen molar-refractivity contribution in [2.45, 2.75) is 37.8 Å². The number of carbonyl (C=O) groups excluding carboxylic acids is 1. The molecule has 1 saturated carbocycles. The van der Waals surface area contributed by atoms with E-state index in [2.05, 4.69) is 15.6 Å². The van der Waals surface area contributed by atoms with Gasteiger partial charge in [-0.15, -0.1) is 11.3 Å². The van der Waals surface area contributed by atoms with E-state index in [1.165, 1.54) is 17.5 Å². The van der Waals surface area contributed by atoms with Gasteiger partial charge in [-0.1, -0.05) is 0 Å². The fraction of sp³-hybridized carbons (Fsp3) is 0.353. The largest absolute Gasteiger partial charge is 0.474 e. The summed E-state index contributed by atoms with van der Waals surface area (Å²) in [6, 6.07) is 9.24. The molecule has 0 aromatic carbocycles. The number of hydrogen-bond acceptors (Lipinski definition) is 5. The monoisotopic (exact) mass is 342 g/mol. The topological polar surface area (TPSA) is 87.0 Å². The molecule has 0 bridgehead atoms. The van der Waals surface area contributed by atoms with Gasteiger partial charge in [-0.3, -0.25) is 5.32 Å². The first-order chi connectivity index (χ1) is 11.7. The Morgan fingerprint density at radius 3 is 2.75 bits per heavy atom. The molecule has 2 aromatic rings. The number of carbonyl (C=O) groups is 1. The highest BCUT2D eigenvalue weighted by Crippen LogP contribution is 2.23. The number of nitrogens with one attached hydrogen (secondary N) is 2. The molecule has 0 atom stereocenters. The van der Waals surface area contributed by atoms with Gasteiger partial charge in [-0.25, -0.2) is 9.78 Å². The van der Waals surface area contributed by atoms with Crippen LogP contribution in [0.15, 0.2) is 35.8 Å². The average Bonchev–Trinajstić information content (AvgIpc) is 3.10. The second kappa shape index (κ2) is 7.79. The fourth-order valence-electron chi connectivity index (χ4n) is 2.69. The smallest absolute Gasteiger partial charge is 0.320 e. The Hall–Kier alpha value is -2.59. The van der Waals surface area contributed by atoms with Gasteiger partial charge in [-0.2, -0.15) is 5.26 Å². The third kappa shape index (κ3) is 4.46. The van der Waals surface area contributed by atoms with E-state index in [9.17, 15) is 4.79 Å². The summed E-state index contributed by atoms with van der Waals surface area (Å²) in [7, 11) is 0. The van der Waals surface area contributed by atoms with Crippen molar-refractivity contribution in [1.82, 2.24) is 10.3 Å². The highest BCUT2D eigenvalue weighted by atomic mass is 32.1. The molecule has 0 saturated heterocycles. The molecule has 1 aliphatic rings. The number of amides is 2. The van der Waals surface area contributed by atoms with Crippen molar-refractivity contribution in [3.05, 3.63) is 41.4 Å². The molecule has 3 rings (SSSR count). The zero-order valence-electron chi connectivity index (χ0n) is 13.1. The zero-order valence-corrected chi connectivity index (χ0v) is 13.9. The summed E-state index contributed by atoms with van der Waals surface area (Å²) < 4.78 is 5.85. The Bertz CT molecular complexity index is 701. The maximum Gasteiger partial charge on any atom is 0.320 e. The Labute approximate surface area is 144 Å². The lowest BCUT2D eigenvalue weighted by molar-refractivity contribution is 0.135. The second-order valence-corrected chi connectivity index (χ2v) is 6.61. The molecule has 1 aliphatic carbocycles. The minimum atomic E-state index is -0.157. The van der Waals surface area contributed by atoms with E-state index in [0.29, 0.717) is 11.4 Å². The summed E-state index contributed by atoms with van der Waals surface area (Å²) in [6.45, 7) is 0. The van der Waals surface area contributed by atoms with Crippen LogP contribution >= 0.6 is 11.3 Å². The van der Waals surface area contributed by atoms with Crippen LogP contribution in [0, 0.1) is 11.3 Å². The van der Waals surface area contributed by atoms with Gasteiger partial charge < -0.3 is 10.1 Å². The van der Waals surface area contributed by atoms with Crippen molar-refractivity contribution in [2.24, 2.45) is 0 Å². The fourth-order valence-corrected chi connectivity index (χ4v) is 3.31. The second-order valence-electron chi connectivity index (χ2n) is 5.66. The van der Waals surface area contributed by atoms with Gasteiger partial charge in [0, 0.05) is 18.3 Å². The maximum absolute atomic E-state index is 11.9. The molecule has 2 amide bonds. The number of aromatic nitrogens is 1. The van der Waals surface area contributed by atoms with Crippen LogP contribution in [-0.4, -0.2) is 23.2 Å². The minimum Gasteiger partial charge on any atom is -0.474 e. The van der Waals surface area contributed by atoms with E-state index < -0.39 is 0 Å². The Morgan fingerprint density at radius 2 is 2.12 bits per heavy atom. The van der Waals surface area contributed by atoms with Crippen LogP contribution < -0.4 is 15.4 Å². The molecule has 124 valence electrons. The molecule has 2 N–H and O–H groups in total. The molecule has 0 spiro atoms. The number of nitriles is 1. The van der Waals surface area contributed by atoms with E-state index in [1.807, 2.05) is 23.6 Å². The van der Waals surface area contributed by atoms with E-state index in [4.69, 9.17) is 10.00 Å². The first-order valence-corrected chi connectivity index (χ1v) is 8.75. The van der Waals surface area contributed by atoms with E-state index in [0.717, 1.165) is 30.7 Å². The SMILES string of the molecule is N#Cc1ccc(OC2CCC(NC(=O)Nc3cccs3)CC2)nc1. The highest BCUT2D eigenvalue weighted by Gasteiger charge is 2.24. The summed E-state index contributed by atoms with van der Waals surface area (Å²) >= 11 is 1.50. The number of rotatable bonds is 4. The summed E-state index contributed by atoms with van der Waals surface area (Å²) in [5.74, 6) is 0.542. The standard InChI is InChI=1S/C17H18N4O2S/c18-10-12-3-8-15(19-11-12)23-14-6-4-13(5-7-14)20-17(22)21-16-2-1-9-24-16/h1-3,8-9,11,13-14H,4-7H2,(H2,20,21,22). The molecular weight excluding hydrogens is 324 g/mol. The lowest BCUT2D eigenvalue weighted by Gasteiger charge is -2.29. The number of anilines is 1. The molecule has 2 heterocycles. The van der Waals surface area contributed by atoms with Crippen LogP contribution in [0.4, 0.5) is 9.80 Å². The number of urea groups is 1. The molecular formula is C17H18N4O2S. The van der Waals surface area contributed by atoms with Crippen molar-refractivity contribution in [3.8, 4) is 11.9 Å². The third-order valence-corrected chi connectivity index (χ3v) is 4.71. The number of nitrogens with zero attached hydrogens (tertiary/aromatic N) is 2. The predicted octanol–water partition coefficient (Wildman–Crippen LogP) is 3.53. The first kappa shape index (κ1) is 16.3. The Balaban J connectivity index is 1.42. The lowest BCUT2D eigenvalue weighted by atomic mass is 9.93. The first-order valence-electron chi connectivity index (χ1n) is 7.87. The van der Waals surface area contributed by atoms with Gasteiger partial charge in [-0.05, 0) is 49.3 Å². The average molecular weight is 342 g/mol. The van der Waals surface area contributed by atoms with Crippen LogP contribution in [0.3, 0.4) is 0 Å². The van der Waals surface area contributed by atoms with Crippen LogP contribution in [0.1, 0.15) is 31.2 Å². The van der Waals surface area contributed by atoms with Crippen molar-refractivity contribution in [1.29, 1.82) is 5.26 Å². The quantitative estimate of drug-likeness (QED) is 0.890. The molecule has 6 nitrogen and oxygen atoms in total. The number of thiophene rings is 1. The molecule has 0 aliphatic heterocycles. The molecule has 1 fully saturated rings. The van der Waals surface area contributed by atoms with Crippen LogP contribution in [0.5, 0.6) is 5.88 Å². The number of hydrogen-bond donors (Lipinski definition) is 2. The summed E-state index contributed by atoms with van der Waals surface area (Å²) in [5, 5.41) is 17.4. The van der Waals surface area contributed by atoms with Gasteiger partial charge in [0.2, 0.25) is 5.88 Å². The van der Waals surface area contributed by atoms with Crippen LogP contribution in [0.25, 0.3) is 0 Å². The Kier molecular flexibility index (Phi) is 5.29. The number of ether oxygens (including phenoxy) is 1. The number of pyridine rings is 1. The van der Waals surface area contributed by atoms with Crippen LogP contribution in [-0.2, 0) is 0 Å². The minimum absolute atomic E-state index is 0.101. The molecule has 2 aromatic heterocycles. The van der Waals surface area contributed by atoms with Gasteiger partial charge >= 0.3 is 6.03 Å². The lowest BCUT2D eigenvalue weighted by Crippen LogP contribution is -2.41. The van der Waals surface area contributed by atoms with Gasteiger partial charge in [0.05, 0.1) is 10.6 Å². The van der Waals surface area contributed by atoms with Gasteiger partial charge in [0.25, 0.3) is 0 Å². The summed E-state index contributed by atoms with van der Waals surface area (Å²) in [4.78, 5) is 16.1. The van der Waals surface area contributed by atoms with Crippen molar-refractivity contribution < 1.29 is 9.53 Å². The predicted molar refractivity (Wildman–Crippen MR) is 92.1 cm³/mol. The van der Waals surface area contributed by atoms with Crippen molar-refractivity contribution in [2.75, 3.05) is 5.32 Å². The van der Waals surface area contributed by atoms with E-state index in [1.54, 1.807) is 12.1 Å². The van der Waals surface area contributed by atoms with Gasteiger partial charge in [0.1, 0.15) is 12.2 Å². The van der Waals surface area contributed by atoms with E-state index >= 15 is 0 Å². The maximum atomic E-state index is 11.9. The molecule has 24 heavy (non-hydrogen) atoms. The summed E-state index contributed by atoms with van der Waals surface area (Å²) in [5.41, 5.74) is 0.520. The highest BCUT2D eigenvalue weighted by molar-refractivity contribution is 7.14. The molecule has 7 heteroatoms. The Morgan fingerprint density at radius 1 is 1.29 bits per heavy atom. The van der Waals surface area contributed by atoms with E-state index in [-0.39, 0.29) is 18.2 Å².